The second-order valence-corrected chi connectivity index (χ2v) is 7.10. The first-order chi connectivity index (χ1) is 14.5. The largest absolute Gasteiger partial charge is 0.459 e. The van der Waals surface area contributed by atoms with E-state index in [1.54, 1.807) is 48.5 Å². The molecule has 3 rings (SSSR count). The Morgan fingerprint density at radius 2 is 1.60 bits per heavy atom. The number of benzene rings is 2. The maximum Gasteiger partial charge on any atom is 0.333 e. The van der Waals surface area contributed by atoms with Crippen LogP contribution in [0.25, 0.3) is 0 Å². The molecule has 30 heavy (non-hydrogen) atoms. The number of rotatable bonds is 7. The first kappa shape index (κ1) is 21.4. The first-order valence-electron chi connectivity index (χ1n) is 8.99. The summed E-state index contributed by atoms with van der Waals surface area (Å²) in [5.41, 5.74) is 7.08. The van der Waals surface area contributed by atoms with Crippen molar-refractivity contribution in [1.29, 1.82) is 0 Å². The lowest BCUT2D eigenvalue weighted by Crippen LogP contribution is -2.43. The molecule has 0 saturated carbocycles. The topological polar surface area (TPSA) is 111 Å². The summed E-state index contributed by atoms with van der Waals surface area (Å²) >= 11 is 3.22. The Labute approximate surface area is 181 Å². The van der Waals surface area contributed by atoms with E-state index in [2.05, 4.69) is 26.2 Å². The van der Waals surface area contributed by atoms with Gasteiger partial charge in [-0.05, 0) is 33.6 Å². The molecule has 0 fully saturated rings. The van der Waals surface area contributed by atoms with Gasteiger partial charge in [0.2, 0.25) is 5.78 Å². The van der Waals surface area contributed by atoms with Crippen LogP contribution >= 0.6 is 15.9 Å². The van der Waals surface area contributed by atoms with Crippen LogP contribution in [0.5, 0.6) is 0 Å². The summed E-state index contributed by atoms with van der Waals surface area (Å²) in [7, 11) is 0. The number of carbonyl (C=O) groups excluding carboxylic acids is 3. The van der Waals surface area contributed by atoms with Gasteiger partial charge < -0.3 is 15.8 Å². The number of anilines is 1. The van der Waals surface area contributed by atoms with Crippen LogP contribution in [0.2, 0.25) is 0 Å². The van der Waals surface area contributed by atoms with E-state index >= 15 is 0 Å². The standard InChI is InChI=1S/C22H18BrN3O4/c23-17-12-11-16(19(26-17)20(27)15-9-5-2-6-10-15)25-21(28)18(24)22(29)30-13-14-7-3-1-4-8-14/h1-12,18H,13,24H2,(H,25,28). The maximum absolute atomic E-state index is 12.8. The van der Waals surface area contributed by atoms with E-state index in [0.29, 0.717) is 10.2 Å². The van der Waals surface area contributed by atoms with Crippen LogP contribution in [0.1, 0.15) is 21.6 Å². The molecule has 0 radical (unpaired) electrons. The molecule has 0 aliphatic rings. The van der Waals surface area contributed by atoms with Crippen molar-refractivity contribution >= 4 is 39.3 Å². The van der Waals surface area contributed by atoms with Gasteiger partial charge in [0, 0.05) is 5.56 Å². The van der Waals surface area contributed by atoms with Crippen molar-refractivity contribution in [3.05, 3.63) is 94.2 Å². The van der Waals surface area contributed by atoms with Gasteiger partial charge in [-0.2, -0.15) is 0 Å². The number of nitrogens with zero attached hydrogens (tertiary/aromatic N) is 1. The highest BCUT2D eigenvalue weighted by Crippen LogP contribution is 2.21. The molecule has 1 unspecified atom stereocenters. The van der Waals surface area contributed by atoms with Gasteiger partial charge in [-0.1, -0.05) is 60.7 Å². The lowest BCUT2D eigenvalue weighted by molar-refractivity contribution is -0.148. The maximum atomic E-state index is 12.8. The molecule has 0 aliphatic heterocycles. The fourth-order valence-electron chi connectivity index (χ4n) is 2.57. The molecule has 1 amide bonds. The molecular weight excluding hydrogens is 450 g/mol. The predicted molar refractivity (Wildman–Crippen MR) is 115 cm³/mol. The van der Waals surface area contributed by atoms with E-state index in [0.717, 1.165) is 5.56 Å². The van der Waals surface area contributed by atoms with Crippen LogP contribution in [0.4, 0.5) is 5.69 Å². The smallest absolute Gasteiger partial charge is 0.333 e. The molecule has 3 N–H and O–H groups in total. The van der Waals surface area contributed by atoms with E-state index in [-0.39, 0.29) is 23.8 Å². The van der Waals surface area contributed by atoms with E-state index in [9.17, 15) is 14.4 Å². The summed E-state index contributed by atoms with van der Waals surface area (Å²) < 4.78 is 5.52. The van der Waals surface area contributed by atoms with Crippen molar-refractivity contribution < 1.29 is 19.1 Å². The number of pyridine rings is 1. The molecule has 2 aromatic carbocycles. The quantitative estimate of drug-likeness (QED) is 0.239. The molecule has 152 valence electrons. The highest BCUT2D eigenvalue weighted by Gasteiger charge is 2.26. The third kappa shape index (κ3) is 5.37. The SMILES string of the molecule is NC(C(=O)Nc1ccc(Br)nc1C(=O)c1ccccc1)C(=O)OCc1ccccc1. The molecule has 0 bridgehead atoms. The number of ketones is 1. The number of amides is 1. The minimum absolute atomic E-state index is 0.00175. The minimum Gasteiger partial charge on any atom is -0.459 e. The molecule has 1 aromatic heterocycles. The average molecular weight is 468 g/mol. The van der Waals surface area contributed by atoms with Gasteiger partial charge in [0.25, 0.3) is 5.91 Å². The van der Waals surface area contributed by atoms with Gasteiger partial charge in [0.05, 0.1) is 5.69 Å². The Morgan fingerprint density at radius 3 is 2.27 bits per heavy atom. The molecular formula is C22H18BrN3O4. The van der Waals surface area contributed by atoms with Crippen LogP contribution < -0.4 is 11.1 Å². The number of ether oxygens (including phenoxy) is 1. The van der Waals surface area contributed by atoms with Gasteiger partial charge >= 0.3 is 5.97 Å². The fraction of sp³-hybridized carbons (Fsp3) is 0.0909. The van der Waals surface area contributed by atoms with E-state index in [1.807, 2.05) is 18.2 Å². The van der Waals surface area contributed by atoms with Crippen molar-refractivity contribution in [3.8, 4) is 0 Å². The van der Waals surface area contributed by atoms with Crippen molar-refractivity contribution in [3.63, 3.8) is 0 Å². The van der Waals surface area contributed by atoms with Crippen LogP contribution in [-0.2, 0) is 20.9 Å². The number of carbonyl (C=O) groups is 3. The first-order valence-corrected chi connectivity index (χ1v) is 9.78. The third-order valence-corrected chi connectivity index (χ3v) is 4.57. The summed E-state index contributed by atoms with van der Waals surface area (Å²) in [5, 5.41) is 2.50. The summed E-state index contributed by atoms with van der Waals surface area (Å²) in [5.74, 6) is -2.07. The Morgan fingerprint density at radius 1 is 0.967 bits per heavy atom. The lowest BCUT2D eigenvalue weighted by atomic mass is 10.1. The van der Waals surface area contributed by atoms with Gasteiger partial charge in [-0.3, -0.25) is 9.59 Å². The molecule has 0 spiro atoms. The highest BCUT2D eigenvalue weighted by atomic mass is 79.9. The molecule has 8 heteroatoms. The minimum atomic E-state index is -1.56. The second-order valence-electron chi connectivity index (χ2n) is 6.29. The van der Waals surface area contributed by atoms with Crippen molar-refractivity contribution in [2.75, 3.05) is 5.32 Å². The number of nitrogens with one attached hydrogen (secondary N) is 1. The Balaban J connectivity index is 1.71. The number of aromatic nitrogens is 1. The van der Waals surface area contributed by atoms with Gasteiger partial charge in [0.15, 0.2) is 6.04 Å². The zero-order valence-electron chi connectivity index (χ0n) is 15.7. The number of nitrogens with two attached hydrogens (primary N) is 1. The fourth-order valence-corrected chi connectivity index (χ4v) is 2.88. The Bertz CT molecular complexity index is 1060. The van der Waals surface area contributed by atoms with E-state index < -0.39 is 17.9 Å². The normalized spacial score (nSPS) is 11.4. The third-order valence-electron chi connectivity index (χ3n) is 4.13. The second kappa shape index (κ2) is 9.91. The average Bonchev–Trinajstić information content (AvgIpc) is 2.78. The molecule has 7 nitrogen and oxygen atoms in total. The molecule has 1 heterocycles. The molecule has 0 saturated heterocycles. The Hall–Kier alpha value is -3.36. The van der Waals surface area contributed by atoms with Crippen LogP contribution in [0, 0.1) is 0 Å². The van der Waals surface area contributed by atoms with Crippen LogP contribution in [-0.4, -0.2) is 28.7 Å². The van der Waals surface area contributed by atoms with Gasteiger partial charge in [-0.15, -0.1) is 0 Å². The Kier molecular flexibility index (Phi) is 7.05. The molecule has 0 aliphatic carbocycles. The van der Waals surface area contributed by atoms with Crippen LogP contribution in [0.3, 0.4) is 0 Å². The van der Waals surface area contributed by atoms with Gasteiger partial charge in [-0.25, -0.2) is 9.78 Å². The van der Waals surface area contributed by atoms with Crippen molar-refractivity contribution in [2.24, 2.45) is 5.73 Å². The zero-order valence-corrected chi connectivity index (χ0v) is 17.3. The summed E-state index contributed by atoms with van der Waals surface area (Å²) in [6.07, 6.45) is 0. The number of esters is 1. The summed E-state index contributed by atoms with van der Waals surface area (Å²) in [6.45, 7) is -0.00175. The summed E-state index contributed by atoms with van der Waals surface area (Å²) in [6, 6.07) is 19.1. The van der Waals surface area contributed by atoms with E-state index in [4.69, 9.17) is 10.5 Å². The highest BCUT2D eigenvalue weighted by molar-refractivity contribution is 9.10. The van der Waals surface area contributed by atoms with Crippen molar-refractivity contribution in [1.82, 2.24) is 4.98 Å². The van der Waals surface area contributed by atoms with Gasteiger partial charge in [0.1, 0.15) is 16.9 Å². The summed E-state index contributed by atoms with van der Waals surface area (Å²) in [4.78, 5) is 41.6. The molecule has 1 atom stereocenters. The number of hydrogen-bond acceptors (Lipinski definition) is 6. The zero-order chi connectivity index (χ0) is 21.5. The van der Waals surface area contributed by atoms with Crippen LogP contribution in [0.15, 0.2) is 77.4 Å². The van der Waals surface area contributed by atoms with Crippen molar-refractivity contribution in [2.45, 2.75) is 12.6 Å². The predicted octanol–water partition coefficient (Wildman–Crippen LogP) is 3.08. The lowest BCUT2D eigenvalue weighted by Gasteiger charge is -2.14. The number of halogens is 1. The number of hydrogen-bond donors (Lipinski definition) is 2. The molecule has 3 aromatic rings. The monoisotopic (exact) mass is 467 g/mol. The van der Waals surface area contributed by atoms with E-state index in [1.165, 1.54) is 6.07 Å².